The number of nitrogens with zero attached hydrogens (tertiary/aromatic N) is 1. The van der Waals surface area contributed by atoms with Crippen molar-refractivity contribution in [2.24, 2.45) is 0 Å². The molecule has 33 heavy (non-hydrogen) atoms. The third-order valence-electron chi connectivity index (χ3n) is 6.39. The van der Waals surface area contributed by atoms with Gasteiger partial charge in [-0.3, -0.25) is 0 Å². The van der Waals surface area contributed by atoms with Crippen molar-refractivity contribution in [1.29, 1.82) is 0 Å². The first-order valence-electron chi connectivity index (χ1n) is 12.1. The first kappa shape index (κ1) is 25.4. The summed E-state index contributed by atoms with van der Waals surface area (Å²) in [6.07, 6.45) is 7.32. The predicted molar refractivity (Wildman–Crippen MR) is 150 cm³/mol. The maximum absolute atomic E-state index is 5.90. The highest BCUT2D eigenvalue weighted by Crippen LogP contribution is 2.24. The maximum Gasteiger partial charge on any atom is 0.173 e. The molecule has 0 spiro atoms. The summed E-state index contributed by atoms with van der Waals surface area (Å²) in [5.41, 5.74) is 7.11. The normalized spacial score (nSPS) is 13.9. The largest absolute Gasteiger partial charge is 0.362 e. The third-order valence-corrected chi connectivity index (χ3v) is 6.97. The lowest BCUT2D eigenvalue weighted by molar-refractivity contribution is 0.244. The third kappa shape index (κ3) is 7.68. The van der Waals surface area contributed by atoms with Crippen molar-refractivity contribution in [1.82, 2.24) is 10.2 Å². The molecule has 1 saturated carbocycles. The molecular weight excluding hydrogens is 444 g/mol. The lowest BCUT2D eigenvalue weighted by Gasteiger charge is -2.36. The fourth-order valence-electron chi connectivity index (χ4n) is 4.56. The van der Waals surface area contributed by atoms with E-state index in [9.17, 15) is 0 Å². The molecule has 0 heterocycles. The van der Waals surface area contributed by atoms with Crippen LogP contribution < -0.4 is 16.0 Å². The molecule has 0 aliphatic heterocycles. The van der Waals surface area contributed by atoms with Crippen molar-refractivity contribution < 1.29 is 0 Å². The Balaban J connectivity index is 1.54. The van der Waals surface area contributed by atoms with Gasteiger partial charge in [-0.1, -0.05) is 54.7 Å². The second kappa shape index (κ2) is 12.3. The van der Waals surface area contributed by atoms with Crippen LogP contribution in [0.4, 0.5) is 11.4 Å². The number of hydrogen-bond acceptors (Lipinski definition) is 2. The van der Waals surface area contributed by atoms with Crippen LogP contribution in [0.2, 0.25) is 0 Å². The van der Waals surface area contributed by atoms with Crippen LogP contribution in [0.25, 0.3) is 0 Å². The average Bonchev–Trinajstić information content (AvgIpc) is 2.78. The van der Waals surface area contributed by atoms with Crippen molar-refractivity contribution in [3.8, 4) is 0 Å². The van der Waals surface area contributed by atoms with Crippen LogP contribution in [0, 0.1) is 27.7 Å². The second-order valence-corrected chi connectivity index (χ2v) is 10.1. The fraction of sp³-hybridized carbons (Fsp3) is 0.481. The zero-order valence-corrected chi connectivity index (χ0v) is 22.1. The van der Waals surface area contributed by atoms with E-state index in [1.54, 1.807) is 0 Å². The fourth-order valence-corrected chi connectivity index (χ4v) is 5.12. The lowest BCUT2D eigenvalue weighted by Crippen LogP contribution is -2.45. The number of thiocarbonyl (C=S) groups is 2. The molecule has 4 nitrogen and oxygen atoms in total. The van der Waals surface area contributed by atoms with E-state index in [4.69, 9.17) is 24.4 Å². The molecule has 0 aromatic heterocycles. The molecule has 1 aliphatic carbocycles. The van der Waals surface area contributed by atoms with E-state index < -0.39 is 0 Å². The Labute approximate surface area is 210 Å². The van der Waals surface area contributed by atoms with Gasteiger partial charge in [0.25, 0.3) is 0 Å². The van der Waals surface area contributed by atoms with Crippen LogP contribution in [0.1, 0.15) is 60.8 Å². The summed E-state index contributed by atoms with van der Waals surface area (Å²) < 4.78 is 0. The van der Waals surface area contributed by atoms with E-state index in [0.717, 1.165) is 36.0 Å². The van der Waals surface area contributed by atoms with Gasteiger partial charge in [-0.15, -0.1) is 0 Å². The highest BCUT2D eigenvalue weighted by molar-refractivity contribution is 7.80. The van der Waals surface area contributed by atoms with E-state index in [1.165, 1.54) is 54.4 Å². The number of benzene rings is 2. The molecule has 3 N–H and O–H groups in total. The molecular formula is C27H38N4S2. The molecule has 178 valence electrons. The summed E-state index contributed by atoms with van der Waals surface area (Å²) in [7, 11) is 0. The molecule has 1 fully saturated rings. The standard InChI is InChI=1S/C27H38N4S2/c1-19-11-13-24(21(3)17-19)29-26(32)28-15-8-16-31(23-9-6-5-7-10-23)27(33)30-25-14-12-20(2)18-22(25)4/h11-14,17-18,23H,5-10,15-16H2,1-4H3,(H,30,33)(H2,28,29,32). The summed E-state index contributed by atoms with van der Waals surface area (Å²) in [5.74, 6) is 0. The van der Waals surface area contributed by atoms with E-state index in [2.05, 4.69) is 84.9 Å². The number of nitrogens with one attached hydrogen (secondary N) is 3. The van der Waals surface area contributed by atoms with E-state index in [1.807, 2.05) is 0 Å². The van der Waals surface area contributed by atoms with Crippen LogP contribution in [0.5, 0.6) is 0 Å². The Kier molecular flexibility index (Phi) is 9.51. The smallest absolute Gasteiger partial charge is 0.173 e. The molecule has 3 rings (SSSR count). The zero-order valence-electron chi connectivity index (χ0n) is 20.5. The molecule has 0 radical (unpaired) electrons. The van der Waals surface area contributed by atoms with Crippen molar-refractivity contribution in [3.63, 3.8) is 0 Å². The molecule has 2 aromatic carbocycles. The number of aryl methyl sites for hydroxylation is 4. The lowest BCUT2D eigenvalue weighted by atomic mass is 9.94. The highest BCUT2D eigenvalue weighted by atomic mass is 32.1. The molecule has 0 amide bonds. The van der Waals surface area contributed by atoms with Crippen LogP contribution in [-0.2, 0) is 0 Å². The topological polar surface area (TPSA) is 39.3 Å². The van der Waals surface area contributed by atoms with Gasteiger partial charge in [0.05, 0.1) is 0 Å². The number of hydrogen-bond donors (Lipinski definition) is 3. The van der Waals surface area contributed by atoms with Gasteiger partial charge in [0, 0.05) is 30.5 Å². The van der Waals surface area contributed by atoms with Crippen molar-refractivity contribution in [3.05, 3.63) is 58.7 Å². The number of anilines is 2. The molecule has 0 unspecified atom stereocenters. The summed E-state index contributed by atoms with van der Waals surface area (Å²) in [6.45, 7) is 10.2. The van der Waals surface area contributed by atoms with E-state index >= 15 is 0 Å². The molecule has 2 aromatic rings. The van der Waals surface area contributed by atoms with Crippen LogP contribution in [-0.4, -0.2) is 34.3 Å². The Hall–Kier alpha value is -2.18. The summed E-state index contributed by atoms with van der Waals surface area (Å²) in [5, 5.41) is 11.7. The first-order chi connectivity index (χ1) is 15.8. The Bertz CT molecular complexity index is 967. The summed E-state index contributed by atoms with van der Waals surface area (Å²) in [6, 6.07) is 13.3. The van der Waals surface area contributed by atoms with Gasteiger partial charge in [-0.05, 0) is 94.7 Å². The van der Waals surface area contributed by atoms with Gasteiger partial charge < -0.3 is 20.9 Å². The number of rotatable bonds is 7. The monoisotopic (exact) mass is 482 g/mol. The van der Waals surface area contributed by atoms with Gasteiger partial charge >= 0.3 is 0 Å². The molecule has 0 saturated heterocycles. The highest BCUT2D eigenvalue weighted by Gasteiger charge is 2.23. The molecule has 1 aliphatic rings. The Morgan fingerprint density at radius 3 is 2.00 bits per heavy atom. The van der Waals surface area contributed by atoms with E-state index in [0.29, 0.717) is 11.2 Å². The van der Waals surface area contributed by atoms with Gasteiger partial charge in [-0.2, -0.15) is 0 Å². The van der Waals surface area contributed by atoms with Gasteiger partial charge in [0.15, 0.2) is 10.2 Å². The molecule has 6 heteroatoms. The average molecular weight is 483 g/mol. The zero-order chi connectivity index (χ0) is 23.8. The predicted octanol–water partition coefficient (Wildman–Crippen LogP) is 6.63. The van der Waals surface area contributed by atoms with E-state index in [-0.39, 0.29) is 0 Å². The van der Waals surface area contributed by atoms with Crippen molar-refractivity contribution in [2.75, 3.05) is 23.7 Å². The van der Waals surface area contributed by atoms with Gasteiger partial charge in [0.1, 0.15) is 0 Å². The molecule has 0 bridgehead atoms. The van der Waals surface area contributed by atoms with Crippen molar-refractivity contribution >= 4 is 46.0 Å². The van der Waals surface area contributed by atoms with Crippen LogP contribution >= 0.6 is 24.4 Å². The molecule has 0 atom stereocenters. The Morgan fingerprint density at radius 1 is 0.848 bits per heavy atom. The minimum atomic E-state index is 0.518. The second-order valence-electron chi connectivity index (χ2n) is 9.29. The Morgan fingerprint density at radius 2 is 1.42 bits per heavy atom. The van der Waals surface area contributed by atoms with Crippen LogP contribution in [0.15, 0.2) is 36.4 Å². The summed E-state index contributed by atoms with van der Waals surface area (Å²) >= 11 is 11.4. The minimum Gasteiger partial charge on any atom is -0.362 e. The minimum absolute atomic E-state index is 0.518. The van der Waals surface area contributed by atoms with Crippen molar-refractivity contribution in [2.45, 2.75) is 72.3 Å². The maximum atomic E-state index is 5.90. The summed E-state index contributed by atoms with van der Waals surface area (Å²) in [4.78, 5) is 2.41. The van der Waals surface area contributed by atoms with Gasteiger partial charge in [-0.25, -0.2) is 0 Å². The van der Waals surface area contributed by atoms with Gasteiger partial charge in [0.2, 0.25) is 0 Å². The quantitative estimate of drug-likeness (QED) is 0.304. The first-order valence-corrected chi connectivity index (χ1v) is 12.9. The SMILES string of the molecule is Cc1ccc(NC(=S)NCCCN(C(=S)Nc2ccc(C)cc2C)C2CCCCC2)c(C)c1. The van der Waals surface area contributed by atoms with Crippen LogP contribution in [0.3, 0.4) is 0 Å².